The first-order valence-corrected chi connectivity index (χ1v) is 9.14. The molecule has 5 nitrogen and oxygen atoms in total. The summed E-state index contributed by atoms with van der Waals surface area (Å²) < 4.78 is 11.3. The van der Waals surface area contributed by atoms with Gasteiger partial charge in [-0.25, -0.2) is 0 Å². The van der Waals surface area contributed by atoms with Crippen LogP contribution in [0, 0.1) is 0 Å². The molecule has 1 aliphatic heterocycles. The fourth-order valence-corrected chi connectivity index (χ4v) is 2.62. The van der Waals surface area contributed by atoms with Crippen molar-refractivity contribution in [1.82, 2.24) is 10.6 Å². The molecule has 1 aliphatic rings. The van der Waals surface area contributed by atoms with Crippen LogP contribution in [0.25, 0.3) is 0 Å². The van der Waals surface area contributed by atoms with Gasteiger partial charge in [0.1, 0.15) is 0 Å². The van der Waals surface area contributed by atoms with E-state index in [9.17, 15) is 0 Å². The van der Waals surface area contributed by atoms with Crippen LogP contribution in [0.2, 0.25) is 0 Å². The van der Waals surface area contributed by atoms with E-state index in [0.717, 1.165) is 64.5 Å². The van der Waals surface area contributed by atoms with E-state index in [1.165, 1.54) is 5.56 Å². The molecule has 1 atom stereocenters. The highest BCUT2D eigenvalue weighted by Gasteiger charge is 2.14. The Hall–Kier alpha value is -0.860. The van der Waals surface area contributed by atoms with E-state index in [1.807, 2.05) is 18.2 Å². The minimum absolute atomic E-state index is 0. The fourth-order valence-electron chi connectivity index (χ4n) is 2.62. The first-order chi connectivity index (χ1) is 11.9. The van der Waals surface area contributed by atoms with Gasteiger partial charge in [-0.15, -0.1) is 24.0 Å². The Labute approximate surface area is 169 Å². The maximum absolute atomic E-state index is 5.70. The third kappa shape index (κ3) is 10.0. The molecule has 1 unspecified atom stereocenters. The van der Waals surface area contributed by atoms with Gasteiger partial charge in [0.2, 0.25) is 0 Å². The van der Waals surface area contributed by atoms with E-state index in [0.29, 0.717) is 12.7 Å². The minimum atomic E-state index is 0. The summed E-state index contributed by atoms with van der Waals surface area (Å²) in [5.41, 5.74) is 1.23. The highest BCUT2D eigenvalue weighted by atomic mass is 127. The minimum Gasteiger partial charge on any atom is -0.377 e. The van der Waals surface area contributed by atoms with Crippen molar-refractivity contribution < 1.29 is 9.47 Å². The Morgan fingerprint density at radius 2 is 2.08 bits per heavy atom. The number of hydrogen-bond donors (Lipinski definition) is 2. The standard InChI is InChI=1S/C19H31N3O2.HI/c1-2-20-19(22-15-18-11-8-14-24-18)21-12-6-7-13-23-16-17-9-4-3-5-10-17;/h3-5,9-10,18H,2,6-8,11-16H2,1H3,(H2,20,21,22);1H. The van der Waals surface area contributed by atoms with Crippen molar-refractivity contribution in [1.29, 1.82) is 0 Å². The van der Waals surface area contributed by atoms with Gasteiger partial charge in [-0.1, -0.05) is 30.3 Å². The van der Waals surface area contributed by atoms with E-state index < -0.39 is 0 Å². The van der Waals surface area contributed by atoms with E-state index in [1.54, 1.807) is 0 Å². The summed E-state index contributed by atoms with van der Waals surface area (Å²) in [5.74, 6) is 0.887. The molecule has 0 saturated carbocycles. The van der Waals surface area contributed by atoms with Crippen LogP contribution in [-0.2, 0) is 16.1 Å². The summed E-state index contributed by atoms with van der Waals surface area (Å²) in [6, 6.07) is 10.3. The van der Waals surface area contributed by atoms with Gasteiger partial charge in [0.15, 0.2) is 5.96 Å². The average molecular weight is 461 g/mol. The summed E-state index contributed by atoms with van der Waals surface area (Å²) in [6.07, 6.45) is 4.70. The second-order valence-corrected chi connectivity index (χ2v) is 6.03. The number of ether oxygens (including phenoxy) is 2. The molecule has 1 saturated heterocycles. The molecule has 0 aliphatic carbocycles. The number of hydrogen-bond acceptors (Lipinski definition) is 3. The third-order valence-electron chi connectivity index (χ3n) is 3.94. The van der Waals surface area contributed by atoms with Crippen molar-refractivity contribution in [2.75, 3.05) is 32.8 Å². The van der Waals surface area contributed by atoms with E-state index in [-0.39, 0.29) is 24.0 Å². The number of rotatable bonds is 10. The Balaban J connectivity index is 0.00000312. The second-order valence-electron chi connectivity index (χ2n) is 6.03. The van der Waals surface area contributed by atoms with Gasteiger partial charge in [-0.2, -0.15) is 0 Å². The monoisotopic (exact) mass is 461 g/mol. The Bertz CT molecular complexity index is 465. The summed E-state index contributed by atoms with van der Waals surface area (Å²) >= 11 is 0. The van der Waals surface area contributed by atoms with Crippen molar-refractivity contribution in [3.8, 4) is 0 Å². The van der Waals surface area contributed by atoms with Crippen molar-refractivity contribution in [2.45, 2.75) is 45.3 Å². The molecule has 142 valence electrons. The zero-order valence-corrected chi connectivity index (χ0v) is 17.5. The van der Waals surface area contributed by atoms with Gasteiger partial charge >= 0.3 is 0 Å². The molecular weight excluding hydrogens is 429 g/mol. The maximum atomic E-state index is 5.70. The smallest absolute Gasteiger partial charge is 0.191 e. The molecule has 1 aromatic rings. The predicted octanol–water partition coefficient (Wildman–Crippen LogP) is 3.34. The number of benzene rings is 1. The van der Waals surface area contributed by atoms with Crippen LogP contribution >= 0.6 is 24.0 Å². The normalized spacial score (nSPS) is 17.2. The molecule has 0 spiro atoms. The first-order valence-electron chi connectivity index (χ1n) is 9.14. The van der Waals surface area contributed by atoms with Crippen molar-refractivity contribution in [2.24, 2.45) is 4.99 Å². The second kappa shape index (κ2) is 14.3. The lowest BCUT2D eigenvalue weighted by Gasteiger charge is -2.13. The summed E-state index contributed by atoms with van der Waals surface area (Å²) in [7, 11) is 0. The molecule has 2 rings (SSSR count). The predicted molar refractivity (Wildman–Crippen MR) is 114 cm³/mol. The molecule has 1 aromatic carbocycles. The molecule has 0 radical (unpaired) electrons. The van der Waals surface area contributed by atoms with Crippen LogP contribution in [0.1, 0.15) is 38.2 Å². The van der Waals surface area contributed by atoms with Crippen molar-refractivity contribution >= 4 is 29.9 Å². The highest BCUT2D eigenvalue weighted by Crippen LogP contribution is 2.11. The average Bonchev–Trinajstić information content (AvgIpc) is 3.13. The van der Waals surface area contributed by atoms with Gasteiger partial charge in [0.25, 0.3) is 0 Å². The van der Waals surface area contributed by atoms with E-state index in [2.05, 4.69) is 34.7 Å². The summed E-state index contributed by atoms with van der Waals surface area (Å²) in [6.45, 7) is 6.98. The van der Waals surface area contributed by atoms with Crippen LogP contribution in [0.3, 0.4) is 0 Å². The maximum Gasteiger partial charge on any atom is 0.191 e. The lowest BCUT2D eigenvalue weighted by Crippen LogP contribution is -2.38. The van der Waals surface area contributed by atoms with Crippen molar-refractivity contribution in [3.63, 3.8) is 0 Å². The van der Waals surface area contributed by atoms with Crippen LogP contribution in [0.15, 0.2) is 35.3 Å². The molecule has 2 N–H and O–H groups in total. The number of unbranched alkanes of at least 4 members (excludes halogenated alkanes) is 1. The SMILES string of the molecule is CCNC(=NCC1CCCO1)NCCCCOCc1ccccc1.I. The number of aliphatic imine (C=N–C) groups is 1. The molecule has 0 amide bonds. The van der Waals surface area contributed by atoms with Gasteiger partial charge in [0.05, 0.1) is 19.3 Å². The molecule has 1 fully saturated rings. The largest absolute Gasteiger partial charge is 0.377 e. The van der Waals surface area contributed by atoms with Crippen LogP contribution in [-0.4, -0.2) is 44.9 Å². The van der Waals surface area contributed by atoms with E-state index >= 15 is 0 Å². The Kier molecular flexibility index (Phi) is 12.7. The number of guanidine groups is 1. The Morgan fingerprint density at radius 3 is 2.80 bits per heavy atom. The van der Waals surface area contributed by atoms with E-state index in [4.69, 9.17) is 9.47 Å². The highest BCUT2D eigenvalue weighted by molar-refractivity contribution is 14.0. The van der Waals surface area contributed by atoms with Crippen LogP contribution in [0.5, 0.6) is 0 Å². The number of nitrogens with one attached hydrogen (secondary N) is 2. The van der Waals surface area contributed by atoms with Gasteiger partial charge in [-0.3, -0.25) is 4.99 Å². The van der Waals surface area contributed by atoms with Crippen molar-refractivity contribution in [3.05, 3.63) is 35.9 Å². The Morgan fingerprint density at radius 1 is 1.24 bits per heavy atom. The number of halogens is 1. The molecular formula is C19H32IN3O2. The summed E-state index contributed by atoms with van der Waals surface area (Å²) in [5, 5.41) is 6.66. The lowest BCUT2D eigenvalue weighted by atomic mass is 10.2. The zero-order chi connectivity index (χ0) is 16.9. The van der Waals surface area contributed by atoms with Gasteiger partial charge in [-0.05, 0) is 38.2 Å². The zero-order valence-electron chi connectivity index (χ0n) is 15.2. The fraction of sp³-hybridized carbons (Fsp3) is 0.632. The first kappa shape index (κ1) is 22.2. The molecule has 0 bridgehead atoms. The quantitative estimate of drug-likeness (QED) is 0.243. The molecule has 1 heterocycles. The molecule has 0 aromatic heterocycles. The van der Waals surface area contributed by atoms with Crippen LogP contribution < -0.4 is 10.6 Å². The topological polar surface area (TPSA) is 54.9 Å². The third-order valence-corrected chi connectivity index (χ3v) is 3.94. The number of nitrogens with zero attached hydrogens (tertiary/aromatic N) is 1. The lowest BCUT2D eigenvalue weighted by molar-refractivity contribution is 0.117. The molecule has 25 heavy (non-hydrogen) atoms. The van der Waals surface area contributed by atoms with Gasteiger partial charge < -0.3 is 20.1 Å². The van der Waals surface area contributed by atoms with Crippen LogP contribution in [0.4, 0.5) is 0 Å². The molecule has 6 heteroatoms. The van der Waals surface area contributed by atoms with Gasteiger partial charge in [0, 0.05) is 26.3 Å². The summed E-state index contributed by atoms with van der Waals surface area (Å²) in [4.78, 5) is 4.61.